The fourth-order valence-corrected chi connectivity index (χ4v) is 7.84. The van der Waals surface area contributed by atoms with E-state index in [1.807, 2.05) is 0 Å². The third-order valence-electron chi connectivity index (χ3n) is 12.4. The smallest absolute Gasteiger partial charge is 0.335 e. The number of rotatable bonds is 44. The number of hydrogen-bond donors (Lipinski definition) is 3. The minimum atomic E-state index is -1.06. The Kier molecular flexibility index (Phi) is 31.4. The third kappa shape index (κ3) is 28.4. The van der Waals surface area contributed by atoms with Gasteiger partial charge in [-0.05, 0) is 91.6 Å². The quantitative estimate of drug-likeness (QED) is 0.0208. The van der Waals surface area contributed by atoms with Crippen molar-refractivity contribution in [3.63, 3.8) is 0 Å². The number of carboxylic acid groups (broad SMARTS) is 3. The van der Waals surface area contributed by atoms with Gasteiger partial charge < -0.3 is 43.7 Å². The van der Waals surface area contributed by atoms with Gasteiger partial charge in [0.1, 0.15) is 30.5 Å². The fourth-order valence-electron chi connectivity index (χ4n) is 7.84. The summed E-state index contributed by atoms with van der Waals surface area (Å²) in [4.78, 5) is 71.5. The van der Waals surface area contributed by atoms with Gasteiger partial charge >= 0.3 is 35.8 Å². The zero-order valence-electron chi connectivity index (χ0n) is 43.9. The van der Waals surface area contributed by atoms with Crippen molar-refractivity contribution in [2.45, 2.75) is 160 Å². The first kappa shape index (κ1) is 62.4. The van der Waals surface area contributed by atoms with Crippen LogP contribution in [-0.4, -0.2) is 90.3 Å². The van der Waals surface area contributed by atoms with Crippen molar-refractivity contribution < 1.29 is 72.5 Å². The lowest BCUT2D eigenvalue weighted by atomic mass is 10.1. The van der Waals surface area contributed by atoms with E-state index in [1.54, 1.807) is 72.8 Å². The predicted octanol–water partition coefficient (Wildman–Crippen LogP) is 12.9. The fraction of sp³-hybridized carbons (Fsp3) is 0.500. The van der Waals surface area contributed by atoms with E-state index in [0.717, 1.165) is 116 Å². The van der Waals surface area contributed by atoms with Crippen LogP contribution >= 0.6 is 0 Å². The summed E-state index contributed by atoms with van der Waals surface area (Å²) in [5.74, 6) is -2.35. The first-order chi connectivity index (χ1) is 36.2. The van der Waals surface area contributed by atoms with Gasteiger partial charge in [-0.15, -0.1) is 0 Å². The lowest BCUT2D eigenvalue weighted by Gasteiger charge is -2.18. The molecule has 0 heterocycles. The predicted molar refractivity (Wildman–Crippen MR) is 288 cm³/mol. The molecule has 0 saturated heterocycles. The van der Waals surface area contributed by atoms with E-state index < -0.39 is 41.9 Å². The summed E-state index contributed by atoms with van der Waals surface area (Å²) in [6.45, 7) is 12.0. The SMILES string of the molecule is C=C(C(=O)O)c1ccc(OCCCCCCCCCC(=O)OCC(COC(=O)CCCCCCCCCOc2ccc(C(=C)C(=O)O)cc2)OC(=O)CCCCCCCCCOc2ccc(C(=C)C(=O)O)cc2)cc1. The topological polar surface area (TPSA) is 218 Å². The van der Waals surface area contributed by atoms with Gasteiger partial charge in [-0.1, -0.05) is 152 Å². The molecule has 3 rings (SSSR count). The first-order valence-corrected chi connectivity index (χ1v) is 26.7. The molecule has 0 unspecified atom stereocenters. The van der Waals surface area contributed by atoms with Crippen LogP contribution < -0.4 is 14.2 Å². The Balaban J connectivity index is 1.27. The number of hydrogen-bond acceptors (Lipinski definition) is 12. The number of esters is 3. The summed E-state index contributed by atoms with van der Waals surface area (Å²) in [6.07, 6.45) is 19.1. The molecule has 0 aliphatic rings. The number of carboxylic acids is 3. The van der Waals surface area contributed by atoms with Crippen LogP contribution in [0.4, 0.5) is 0 Å². The third-order valence-corrected chi connectivity index (χ3v) is 12.4. The molecule has 3 N–H and O–H groups in total. The van der Waals surface area contributed by atoms with E-state index in [4.69, 9.17) is 43.7 Å². The Labute approximate surface area is 443 Å². The second kappa shape index (κ2) is 37.8. The summed E-state index contributed by atoms with van der Waals surface area (Å²) in [5, 5.41) is 27.3. The normalized spacial score (nSPS) is 10.8. The molecule has 0 atom stereocenters. The second-order valence-corrected chi connectivity index (χ2v) is 18.6. The van der Waals surface area contributed by atoms with Crippen molar-refractivity contribution in [3.05, 3.63) is 109 Å². The molecule has 410 valence electrons. The van der Waals surface area contributed by atoms with Gasteiger partial charge in [-0.2, -0.15) is 0 Å². The number of aliphatic carboxylic acids is 3. The minimum absolute atomic E-state index is 0.0364. The van der Waals surface area contributed by atoms with Crippen LogP contribution in [0.1, 0.15) is 171 Å². The lowest BCUT2D eigenvalue weighted by molar-refractivity contribution is -0.167. The molecular weight excluding hydrogens is 961 g/mol. The molecule has 15 nitrogen and oxygen atoms in total. The second-order valence-electron chi connectivity index (χ2n) is 18.6. The number of benzene rings is 3. The largest absolute Gasteiger partial charge is 0.494 e. The Bertz CT molecular complexity index is 2110. The van der Waals surface area contributed by atoms with Crippen molar-refractivity contribution in [2.24, 2.45) is 0 Å². The van der Waals surface area contributed by atoms with Crippen LogP contribution in [-0.2, 0) is 43.0 Å². The highest BCUT2D eigenvalue weighted by Crippen LogP contribution is 2.22. The molecule has 0 amide bonds. The van der Waals surface area contributed by atoms with Crippen molar-refractivity contribution in [1.82, 2.24) is 0 Å². The molecular formula is C60H80O15. The van der Waals surface area contributed by atoms with Crippen LogP contribution in [0.2, 0.25) is 0 Å². The summed E-state index contributed by atoms with van der Waals surface area (Å²) in [6, 6.07) is 20.5. The van der Waals surface area contributed by atoms with Gasteiger partial charge in [0.15, 0.2) is 6.10 Å². The Hall–Kier alpha value is -6.90. The molecule has 3 aromatic rings. The molecule has 75 heavy (non-hydrogen) atoms. The Morgan fingerprint density at radius 1 is 0.347 bits per heavy atom. The minimum Gasteiger partial charge on any atom is -0.494 e. The summed E-state index contributed by atoms with van der Waals surface area (Å²) in [7, 11) is 0. The van der Waals surface area contributed by atoms with Gasteiger partial charge in [0.2, 0.25) is 0 Å². The molecule has 0 saturated carbocycles. The van der Waals surface area contributed by atoms with Crippen LogP contribution in [0.3, 0.4) is 0 Å². The molecule has 3 aromatic carbocycles. The number of unbranched alkanes of at least 4 members (excludes halogenated alkanes) is 18. The summed E-state index contributed by atoms with van der Waals surface area (Å²) in [5.41, 5.74) is 1.74. The van der Waals surface area contributed by atoms with E-state index in [0.29, 0.717) is 73.0 Å². The molecule has 0 aliphatic heterocycles. The van der Waals surface area contributed by atoms with Crippen LogP contribution in [0, 0.1) is 0 Å². The molecule has 15 heteroatoms. The van der Waals surface area contributed by atoms with Gasteiger partial charge in [-0.25, -0.2) is 14.4 Å². The highest BCUT2D eigenvalue weighted by atomic mass is 16.6. The Morgan fingerprint density at radius 2 is 0.587 bits per heavy atom. The molecule has 0 bridgehead atoms. The first-order valence-electron chi connectivity index (χ1n) is 26.7. The summed E-state index contributed by atoms with van der Waals surface area (Å²) < 4.78 is 34.0. The van der Waals surface area contributed by atoms with Crippen molar-refractivity contribution in [3.8, 4) is 17.2 Å². The van der Waals surface area contributed by atoms with Crippen molar-refractivity contribution in [2.75, 3.05) is 33.0 Å². The molecule has 0 radical (unpaired) electrons. The van der Waals surface area contributed by atoms with Gasteiger partial charge in [0.25, 0.3) is 0 Å². The van der Waals surface area contributed by atoms with Crippen LogP contribution in [0.25, 0.3) is 16.7 Å². The molecule has 0 fully saturated rings. The standard InChI is InChI=1S/C60H80O15/c1-45(58(64)65)48-28-34-51(35-29-48)70-40-22-16-10-4-7-13-19-25-55(61)73-43-54(75-57(63)27-21-15-9-6-12-18-24-42-72-53-38-32-50(33-39-53)47(3)60(68)69)44-74-56(62)26-20-14-8-5-11-17-23-41-71-52-36-30-49(31-37-52)46(2)59(66)67/h28-39,54H,1-27,40-44H2,(H,64,65)(H,66,67)(H,68,69). The zero-order chi connectivity index (χ0) is 54.5. The lowest BCUT2D eigenvalue weighted by Crippen LogP contribution is -2.30. The summed E-state index contributed by atoms with van der Waals surface area (Å²) >= 11 is 0. The molecule has 0 spiro atoms. The van der Waals surface area contributed by atoms with Gasteiger partial charge in [0, 0.05) is 19.3 Å². The number of ether oxygens (including phenoxy) is 6. The van der Waals surface area contributed by atoms with E-state index in [9.17, 15) is 28.8 Å². The molecule has 0 aliphatic carbocycles. The van der Waals surface area contributed by atoms with Gasteiger partial charge in [-0.3, -0.25) is 14.4 Å². The van der Waals surface area contributed by atoms with E-state index in [-0.39, 0.29) is 49.2 Å². The Morgan fingerprint density at radius 3 is 0.853 bits per heavy atom. The molecule has 0 aromatic heterocycles. The number of carbonyl (C=O) groups excluding carboxylic acids is 3. The highest BCUT2D eigenvalue weighted by Gasteiger charge is 2.20. The maximum absolute atomic E-state index is 12.9. The van der Waals surface area contributed by atoms with Crippen LogP contribution in [0.15, 0.2) is 92.5 Å². The van der Waals surface area contributed by atoms with E-state index >= 15 is 0 Å². The monoisotopic (exact) mass is 1040 g/mol. The highest BCUT2D eigenvalue weighted by molar-refractivity contribution is 6.15. The average Bonchev–Trinajstić information content (AvgIpc) is 3.40. The van der Waals surface area contributed by atoms with Crippen molar-refractivity contribution in [1.29, 1.82) is 0 Å². The maximum atomic E-state index is 12.9. The van der Waals surface area contributed by atoms with E-state index in [2.05, 4.69) is 19.7 Å². The zero-order valence-corrected chi connectivity index (χ0v) is 43.9. The average molecular weight is 1040 g/mol. The van der Waals surface area contributed by atoms with Crippen LogP contribution in [0.5, 0.6) is 17.2 Å². The van der Waals surface area contributed by atoms with Crippen molar-refractivity contribution >= 4 is 52.5 Å². The van der Waals surface area contributed by atoms with Gasteiger partial charge in [0.05, 0.1) is 36.5 Å². The van der Waals surface area contributed by atoms with E-state index in [1.165, 1.54) is 0 Å². The number of carbonyl (C=O) groups is 6. The maximum Gasteiger partial charge on any atom is 0.335 e.